The summed E-state index contributed by atoms with van der Waals surface area (Å²) in [6, 6.07) is 14.1. The highest BCUT2D eigenvalue weighted by Gasteiger charge is 2.50. The normalized spacial score (nSPS) is 17.8. The van der Waals surface area contributed by atoms with Crippen LogP contribution in [-0.2, 0) is 60.6 Å². The predicted octanol–water partition coefficient (Wildman–Crippen LogP) is 2.33. The minimum absolute atomic E-state index is 0.00173. The van der Waals surface area contributed by atoms with Crippen LogP contribution in [0.25, 0.3) is 0 Å². The molecule has 348 valence electrons. The molecule has 2 heterocycles. The Kier molecular flexibility index (Phi) is 20.4. The van der Waals surface area contributed by atoms with E-state index in [-0.39, 0.29) is 69.4 Å². The zero-order chi connectivity index (χ0) is 46.6. The van der Waals surface area contributed by atoms with E-state index in [1.807, 2.05) is 93.3 Å². The van der Waals surface area contributed by atoms with Gasteiger partial charge in [-0.1, -0.05) is 94.3 Å². The van der Waals surface area contributed by atoms with Crippen LogP contribution in [-0.4, -0.2) is 134 Å². The van der Waals surface area contributed by atoms with E-state index >= 15 is 0 Å². The van der Waals surface area contributed by atoms with Gasteiger partial charge >= 0.3 is 5.97 Å². The van der Waals surface area contributed by atoms with Crippen LogP contribution in [0.1, 0.15) is 77.8 Å². The second-order valence-corrected chi connectivity index (χ2v) is 17.4. The molecule has 0 aromatic heterocycles. The Hall–Kier alpha value is -5.63. The van der Waals surface area contributed by atoms with Gasteiger partial charge in [-0.3, -0.25) is 43.4 Å². The number of esters is 1. The molecule has 4 N–H and O–H groups in total. The number of rotatable bonds is 26. The zero-order valence-corrected chi connectivity index (χ0v) is 37.9. The van der Waals surface area contributed by atoms with E-state index in [2.05, 4.69) is 27.2 Å². The van der Waals surface area contributed by atoms with Gasteiger partial charge in [-0.25, -0.2) is 0 Å². The fourth-order valence-electron chi connectivity index (χ4n) is 7.32. The molecule has 0 aliphatic carbocycles. The second kappa shape index (κ2) is 25.6. The van der Waals surface area contributed by atoms with Gasteiger partial charge in [0.1, 0.15) is 23.7 Å². The summed E-state index contributed by atoms with van der Waals surface area (Å²) in [7, 11) is 0. The number of benzene rings is 2. The molecule has 5 amide bonds. The smallest absolute Gasteiger partial charge is 0.308 e. The molecule has 0 spiro atoms. The Morgan fingerprint density at radius 2 is 1.36 bits per heavy atom. The van der Waals surface area contributed by atoms with Crippen molar-refractivity contribution in [2.24, 2.45) is 11.8 Å². The molecule has 16 heteroatoms. The number of morpholine rings is 1. The highest BCUT2D eigenvalue weighted by molar-refractivity contribution is 5.99. The summed E-state index contributed by atoms with van der Waals surface area (Å²) in [4.78, 5) is 99.3. The van der Waals surface area contributed by atoms with Crippen molar-refractivity contribution >= 4 is 41.3 Å². The van der Waals surface area contributed by atoms with Crippen molar-refractivity contribution < 1.29 is 47.8 Å². The summed E-state index contributed by atoms with van der Waals surface area (Å²) < 4.78 is 16.5. The summed E-state index contributed by atoms with van der Waals surface area (Å²) in [5.41, 5.74) is 0.664. The first kappa shape index (κ1) is 51.0. The van der Waals surface area contributed by atoms with Gasteiger partial charge in [-0.15, -0.1) is 6.42 Å². The average Bonchev–Trinajstić information content (AvgIpc) is 4.03. The van der Waals surface area contributed by atoms with Gasteiger partial charge in [0.05, 0.1) is 45.4 Å². The maximum absolute atomic E-state index is 14.7. The van der Waals surface area contributed by atoms with Crippen LogP contribution in [0.3, 0.4) is 0 Å². The third-order valence-electron chi connectivity index (χ3n) is 11.0. The molecule has 2 fully saturated rings. The van der Waals surface area contributed by atoms with Gasteiger partial charge in [0.25, 0.3) is 0 Å². The topological polar surface area (TPSA) is 205 Å². The summed E-state index contributed by atoms with van der Waals surface area (Å²) in [5, 5.41) is 11.2. The minimum atomic E-state index is -1.22. The molecule has 64 heavy (non-hydrogen) atoms. The number of nitrogens with one attached hydrogen (secondary N) is 4. The second-order valence-electron chi connectivity index (χ2n) is 17.4. The number of ether oxygens (including phenoxy) is 3. The van der Waals surface area contributed by atoms with Crippen LogP contribution in [0, 0.1) is 24.2 Å². The molecule has 2 saturated heterocycles. The Morgan fingerprint density at radius 1 is 0.797 bits per heavy atom. The number of carbonyl (C=O) groups excluding carboxylic acids is 7. The van der Waals surface area contributed by atoms with E-state index in [0.29, 0.717) is 39.1 Å². The van der Waals surface area contributed by atoms with E-state index in [0.717, 1.165) is 11.1 Å². The van der Waals surface area contributed by atoms with E-state index in [1.165, 1.54) is 4.90 Å². The predicted molar refractivity (Wildman–Crippen MR) is 239 cm³/mol. The Morgan fingerprint density at radius 3 is 1.95 bits per heavy atom. The molecule has 16 nitrogen and oxygen atoms in total. The summed E-state index contributed by atoms with van der Waals surface area (Å²) >= 11 is 0. The number of ketones is 1. The van der Waals surface area contributed by atoms with Crippen molar-refractivity contribution in [3.8, 4) is 12.3 Å². The van der Waals surface area contributed by atoms with Crippen molar-refractivity contribution in [2.45, 2.75) is 109 Å². The fourth-order valence-corrected chi connectivity index (χ4v) is 7.32. The molecule has 2 aromatic carbocycles. The average molecular weight is 887 g/mol. The van der Waals surface area contributed by atoms with Gasteiger partial charge in [0, 0.05) is 25.9 Å². The molecule has 5 atom stereocenters. The first-order valence-corrected chi connectivity index (χ1v) is 22.2. The molecule has 0 saturated carbocycles. The molecular formula is C48H66N6O10. The number of epoxide rings is 1. The van der Waals surface area contributed by atoms with E-state index in [9.17, 15) is 33.6 Å². The number of hydrogen-bond acceptors (Lipinski definition) is 11. The van der Waals surface area contributed by atoms with Crippen LogP contribution in [0.15, 0.2) is 60.7 Å². The number of amides is 5. The van der Waals surface area contributed by atoms with E-state index < -0.39 is 72.0 Å². The third-order valence-corrected chi connectivity index (χ3v) is 11.0. The quantitative estimate of drug-likeness (QED) is 0.0467. The number of nitrogens with zero attached hydrogens (tertiary/aromatic N) is 2. The lowest BCUT2D eigenvalue weighted by Gasteiger charge is -2.34. The van der Waals surface area contributed by atoms with E-state index in [1.54, 1.807) is 6.92 Å². The van der Waals surface area contributed by atoms with Crippen LogP contribution in [0.5, 0.6) is 0 Å². The van der Waals surface area contributed by atoms with E-state index in [4.69, 9.17) is 20.6 Å². The van der Waals surface area contributed by atoms with Crippen molar-refractivity contribution in [3.63, 3.8) is 0 Å². The zero-order valence-electron chi connectivity index (χ0n) is 37.9. The Labute approximate surface area is 377 Å². The Bertz CT molecular complexity index is 1910. The van der Waals surface area contributed by atoms with Crippen molar-refractivity contribution in [1.29, 1.82) is 0 Å². The third kappa shape index (κ3) is 17.2. The lowest BCUT2D eigenvalue weighted by Crippen LogP contribution is -2.60. The maximum atomic E-state index is 14.7. The minimum Gasteiger partial charge on any atom is -0.444 e. The van der Waals surface area contributed by atoms with Crippen LogP contribution >= 0.6 is 0 Å². The molecule has 2 aliphatic rings. The Balaban J connectivity index is 1.62. The largest absolute Gasteiger partial charge is 0.444 e. The summed E-state index contributed by atoms with van der Waals surface area (Å²) in [5.74, 6) is -1.55. The molecule has 0 radical (unpaired) electrons. The summed E-state index contributed by atoms with van der Waals surface area (Å²) in [6.07, 6.45) is 5.81. The molecule has 0 bridgehead atoms. The lowest BCUT2D eigenvalue weighted by molar-refractivity contribution is -0.160. The van der Waals surface area contributed by atoms with Crippen LogP contribution in [0.4, 0.5) is 0 Å². The standard InChI is InChI=1S/C48H66N6O10/c1-7-22-49-41(55)20-21-43(57)63-32-54(42(56)30-53-23-25-62-26-24-53)40(19-18-35-14-10-8-11-15-35)47(61)52-38(28-34(4)5)45(59)51-39(29-36-16-12-9-13-17-36)46(60)50-37(27-33(2)3)44(58)48(6)31-64-48/h1,8-17,33-34,37-40H,18-32H2,2-6H3,(H,49,55)(H,50,60)(H,51,59)(H,52,61)/t37?,38-,39-,40-,48+/m0/s1. The van der Waals surface area contributed by atoms with Crippen molar-refractivity contribution in [2.75, 3.05) is 52.7 Å². The molecule has 2 aliphatic heterocycles. The van der Waals surface area contributed by atoms with Gasteiger partial charge in [0.15, 0.2) is 12.5 Å². The first-order valence-electron chi connectivity index (χ1n) is 22.2. The number of aryl methyl sites for hydroxylation is 1. The number of carbonyl (C=O) groups is 7. The lowest BCUT2D eigenvalue weighted by atomic mass is 9.93. The monoisotopic (exact) mass is 886 g/mol. The molecule has 1 unspecified atom stereocenters. The first-order chi connectivity index (χ1) is 30.6. The maximum Gasteiger partial charge on any atom is 0.308 e. The number of hydrogen-bond donors (Lipinski definition) is 4. The SMILES string of the molecule is C#CCNC(=O)CCC(=O)OCN(C(=O)CN1CCOCC1)[C@@H](CCc1ccccc1)C(=O)N[C@@H](CC(C)C)C(=O)N[C@@H](Cc1ccccc1)C(=O)NC(CC(C)C)C(=O)[C@@]1(C)CO1. The van der Waals surface area contributed by atoms with Crippen molar-refractivity contribution in [1.82, 2.24) is 31.1 Å². The van der Waals surface area contributed by atoms with Crippen LogP contribution < -0.4 is 21.3 Å². The molecular weight excluding hydrogens is 821 g/mol. The van der Waals surface area contributed by atoms with Gasteiger partial charge in [0.2, 0.25) is 29.5 Å². The van der Waals surface area contributed by atoms with Gasteiger partial charge in [-0.05, 0) is 55.6 Å². The van der Waals surface area contributed by atoms with Crippen molar-refractivity contribution in [3.05, 3.63) is 71.8 Å². The summed E-state index contributed by atoms with van der Waals surface area (Å²) in [6.45, 7) is 10.7. The molecule has 2 aromatic rings. The number of Topliss-reactive ketones (excluding diaryl/α,β-unsaturated/α-hetero) is 1. The van der Waals surface area contributed by atoms with Crippen LogP contribution in [0.2, 0.25) is 0 Å². The highest BCUT2D eigenvalue weighted by atomic mass is 16.6. The van der Waals surface area contributed by atoms with Gasteiger partial charge < -0.3 is 35.5 Å². The van der Waals surface area contributed by atoms with Gasteiger partial charge in [-0.2, -0.15) is 0 Å². The highest BCUT2D eigenvalue weighted by Crippen LogP contribution is 2.30. The fraction of sp³-hybridized carbons (Fsp3) is 0.562. The number of terminal acetylenes is 1. The molecule has 4 rings (SSSR count).